The van der Waals surface area contributed by atoms with Crippen molar-refractivity contribution in [3.8, 4) is 5.75 Å². The molecule has 88 valence electrons. The quantitative estimate of drug-likeness (QED) is 0.709. The summed E-state index contributed by atoms with van der Waals surface area (Å²) in [5.41, 5.74) is 1.25. The Hall–Kier alpha value is -1.02. The molecule has 1 aromatic carbocycles. The molecule has 0 saturated carbocycles. The predicted octanol–water partition coefficient (Wildman–Crippen LogP) is 3.33. The van der Waals surface area contributed by atoms with Gasteiger partial charge in [-0.2, -0.15) is 0 Å². The highest BCUT2D eigenvalue weighted by Crippen LogP contribution is 2.17. The van der Waals surface area contributed by atoms with Crippen LogP contribution >= 0.6 is 0 Å². The summed E-state index contributed by atoms with van der Waals surface area (Å²) in [5, 5.41) is 0. The minimum atomic E-state index is 0.487. The maximum absolute atomic E-state index is 5.69. The molecule has 2 rings (SSSR count). The number of benzene rings is 1. The van der Waals surface area contributed by atoms with Crippen molar-refractivity contribution in [3.05, 3.63) is 29.8 Å². The van der Waals surface area contributed by atoms with Gasteiger partial charge in [-0.1, -0.05) is 12.1 Å². The van der Waals surface area contributed by atoms with Crippen LogP contribution in [0.5, 0.6) is 5.75 Å². The van der Waals surface area contributed by atoms with Crippen molar-refractivity contribution in [1.82, 2.24) is 0 Å². The minimum Gasteiger partial charge on any atom is -0.494 e. The number of aryl methyl sites for hydroxylation is 1. The molecule has 2 heteroatoms. The normalized spacial score (nSPS) is 19.9. The van der Waals surface area contributed by atoms with E-state index in [1.54, 1.807) is 0 Å². The summed E-state index contributed by atoms with van der Waals surface area (Å²) >= 11 is 0. The molecule has 0 spiro atoms. The minimum absolute atomic E-state index is 0.487. The Morgan fingerprint density at radius 1 is 1.44 bits per heavy atom. The van der Waals surface area contributed by atoms with E-state index in [0.29, 0.717) is 6.10 Å². The molecule has 1 saturated heterocycles. The lowest BCUT2D eigenvalue weighted by Crippen LogP contribution is -2.07. The first-order valence-electron chi connectivity index (χ1n) is 6.16. The Morgan fingerprint density at radius 3 is 3.12 bits per heavy atom. The van der Waals surface area contributed by atoms with Gasteiger partial charge >= 0.3 is 0 Å². The molecule has 0 N–H and O–H groups in total. The van der Waals surface area contributed by atoms with E-state index in [1.807, 2.05) is 12.1 Å². The molecule has 1 unspecified atom stereocenters. The van der Waals surface area contributed by atoms with Crippen LogP contribution in [0.15, 0.2) is 24.3 Å². The van der Waals surface area contributed by atoms with Gasteiger partial charge in [-0.15, -0.1) is 0 Å². The Labute approximate surface area is 97.6 Å². The summed E-state index contributed by atoms with van der Waals surface area (Å²) in [5.74, 6) is 0.979. The predicted molar refractivity (Wildman–Crippen MR) is 64.9 cm³/mol. The lowest BCUT2D eigenvalue weighted by molar-refractivity contribution is 0.0981. The van der Waals surface area contributed by atoms with E-state index in [-0.39, 0.29) is 0 Å². The standard InChI is InChI=1S/C14H20O2/c1-12-5-2-6-14(11-12)16-10-4-8-13-7-3-9-15-13/h2,5-6,11,13H,3-4,7-10H2,1H3. The Morgan fingerprint density at radius 2 is 2.38 bits per heavy atom. The van der Waals surface area contributed by atoms with Crippen LogP contribution in [0.3, 0.4) is 0 Å². The average molecular weight is 220 g/mol. The third kappa shape index (κ3) is 3.53. The van der Waals surface area contributed by atoms with E-state index in [2.05, 4.69) is 19.1 Å². The molecule has 1 aliphatic heterocycles. The van der Waals surface area contributed by atoms with Crippen LogP contribution in [-0.2, 0) is 4.74 Å². The van der Waals surface area contributed by atoms with Crippen molar-refractivity contribution in [2.75, 3.05) is 13.2 Å². The lowest BCUT2D eigenvalue weighted by atomic mass is 10.1. The molecular weight excluding hydrogens is 200 g/mol. The van der Waals surface area contributed by atoms with Crippen molar-refractivity contribution in [3.63, 3.8) is 0 Å². The van der Waals surface area contributed by atoms with Gasteiger partial charge in [0.05, 0.1) is 12.7 Å². The van der Waals surface area contributed by atoms with Crippen LogP contribution in [0.1, 0.15) is 31.2 Å². The van der Waals surface area contributed by atoms with E-state index in [9.17, 15) is 0 Å². The van der Waals surface area contributed by atoms with Gasteiger partial charge in [-0.25, -0.2) is 0 Å². The summed E-state index contributed by atoms with van der Waals surface area (Å²) in [7, 11) is 0. The zero-order valence-electron chi connectivity index (χ0n) is 9.95. The second-order valence-corrected chi connectivity index (χ2v) is 4.44. The maximum Gasteiger partial charge on any atom is 0.119 e. The first-order valence-corrected chi connectivity index (χ1v) is 6.16. The third-order valence-corrected chi connectivity index (χ3v) is 2.95. The molecule has 0 aromatic heterocycles. The van der Waals surface area contributed by atoms with E-state index in [0.717, 1.165) is 31.8 Å². The molecule has 0 bridgehead atoms. The lowest BCUT2D eigenvalue weighted by Gasteiger charge is -2.10. The summed E-state index contributed by atoms with van der Waals surface area (Å²) in [6.07, 6.45) is 5.15. The molecule has 1 aromatic rings. The fourth-order valence-corrected chi connectivity index (χ4v) is 2.08. The third-order valence-electron chi connectivity index (χ3n) is 2.95. The van der Waals surface area contributed by atoms with Crippen molar-refractivity contribution >= 4 is 0 Å². The highest BCUT2D eigenvalue weighted by molar-refractivity contribution is 5.27. The number of hydrogen-bond acceptors (Lipinski definition) is 2. The Balaban J connectivity index is 1.64. The summed E-state index contributed by atoms with van der Waals surface area (Å²) in [4.78, 5) is 0. The van der Waals surface area contributed by atoms with Gasteiger partial charge in [0.15, 0.2) is 0 Å². The molecule has 1 aliphatic rings. The van der Waals surface area contributed by atoms with Gasteiger partial charge in [0, 0.05) is 6.61 Å². The van der Waals surface area contributed by atoms with Gasteiger partial charge in [-0.05, 0) is 50.3 Å². The zero-order valence-corrected chi connectivity index (χ0v) is 9.95. The molecule has 0 radical (unpaired) electrons. The first kappa shape index (κ1) is 11.5. The molecule has 1 heterocycles. The van der Waals surface area contributed by atoms with Gasteiger partial charge < -0.3 is 9.47 Å². The van der Waals surface area contributed by atoms with Crippen LogP contribution in [-0.4, -0.2) is 19.3 Å². The molecule has 1 fully saturated rings. The van der Waals surface area contributed by atoms with E-state index in [1.165, 1.54) is 18.4 Å². The molecule has 1 atom stereocenters. The van der Waals surface area contributed by atoms with Crippen LogP contribution in [0, 0.1) is 6.92 Å². The van der Waals surface area contributed by atoms with Gasteiger partial charge in [0.2, 0.25) is 0 Å². The largest absolute Gasteiger partial charge is 0.494 e. The van der Waals surface area contributed by atoms with Crippen LogP contribution in [0.2, 0.25) is 0 Å². The van der Waals surface area contributed by atoms with E-state index in [4.69, 9.17) is 9.47 Å². The molecule has 0 amide bonds. The van der Waals surface area contributed by atoms with Gasteiger partial charge in [0.25, 0.3) is 0 Å². The second kappa shape index (κ2) is 5.90. The number of ether oxygens (including phenoxy) is 2. The summed E-state index contributed by atoms with van der Waals surface area (Å²) in [6.45, 7) is 3.83. The number of hydrogen-bond donors (Lipinski definition) is 0. The maximum atomic E-state index is 5.69. The summed E-state index contributed by atoms with van der Waals surface area (Å²) in [6, 6.07) is 8.20. The monoisotopic (exact) mass is 220 g/mol. The van der Waals surface area contributed by atoms with Gasteiger partial charge in [-0.3, -0.25) is 0 Å². The molecule has 0 aliphatic carbocycles. The van der Waals surface area contributed by atoms with Crippen molar-refractivity contribution in [1.29, 1.82) is 0 Å². The Bertz CT molecular complexity index is 316. The SMILES string of the molecule is Cc1cccc(OCCCC2CCCO2)c1. The van der Waals surface area contributed by atoms with E-state index >= 15 is 0 Å². The smallest absolute Gasteiger partial charge is 0.119 e. The second-order valence-electron chi connectivity index (χ2n) is 4.44. The van der Waals surface area contributed by atoms with E-state index < -0.39 is 0 Å². The average Bonchev–Trinajstić information content (AvgIpc) is 2.77. The van der Waals surface area contributed by atoms with Crippen molar-refractivity contribution < 1.29 is 9.47 Å². The van der Waals surface area contributed by atoms with Crippen LogP contribution in [0.4, 0.5) is 0 Å². The fraction of sp³-hybridized carbons (Fsp3) is 0.571. The highest BCUT2D eigenvalue weighted by atomic mass is 16.5. The molecular formula is C14H20O2. The Kier molecular flexibility index (Phi) is 4.23. The van der Waals surface area contributed by atoms with Gasteiger partial charge in [0.1, 0.15) is 5.75 Å². The summed E-state index contributed by atoms with van der Waals surface area (Å²) < 4.78 is 11.3. The fourth-order valence-electron chi connectivity index (χ4n) is 2.08. The number of rotatable bonds is 5. The van der Waals surface area contributed by atoms with Crippen molar-refractivity contribution in [2.45, 2.75) is 38.7 Å². The molecule has 16 heavy (non-hydrogen) atoms. The van der Waals surface area contributed by atoms with Crippen molar-refractivity contribution in [2.24, 2.45) is 0 Å². The highest BCUT2D eigenvalue weighted by Gasteiger charge is 2.14. The zero-order chi connectivity index (χ0) is 11.2. The van der Waals surface area contributed by atoms with Crippen LogP contribution < -0.4 is 4.74 Å². The van der Waals surface area contributed by atoms with Crippen LogP contribution in [0.25, 0.3) is 0 Å². The molecule has 2 nitrogen and oxygen atoms in total. The first-order chi connectivity index (χ1) is 7.84. The topological polar surface area (TPSA) is 18.5 Å².